The number of aromatic nitrogens is 2. The molecular weight excluding hydrogens is 320 g/mol. The van der Waals surface area contributed by atoms with E-state index in [0.717, 1.165) is 29.1 Å². The maximum absolute atomic E-state index is 12.7. The van der Waals surface area contributed by atoms with Crippen LogP contribution < -0.4 is 0 Å². The van der Waals surface area contributed by atoms with Crippen LogP contribution in [0.5, 0.6) is 0 Å². The van der Waals surface area contributed by atoms with Crippen LogP contribution in [0.3, 0.4) is 0 Å². The number of rotatable bonds is 4. The van der Waals surface area contributed by atoms with Gasteiger partial charge in [0.25, 0.3) is 5.91 Å². The molecule has 3 heterocycles. The van der Waals surface area contributed by atoms with Crippen LogP contribution in [0.1, 0.15) is 25.2 Å². The zero-order valence-corrected chi connectivity index (χ0v) is 15.1. The number of urea groups is 1. The Labute approximate surface area is 146 Å². The number of likely N-dealkylation sites (N-methyl/N-ethyl adjacent to an activating group) is 2. The molecule has 1 aromatic heterocycles. The predicted octanol–water partition coefficient (Wildman–Crippen LogP) is 0.715. The molecule has 25 heavy (non-hydrogen) atoms. The molecule has 0 N–H and O–H groups in total. The molecule has 0 radical (unpaired) electrons. The number of fused-ring (bicyclic) bond motifs is 1. The third kappa shape index (κ3) is 2.48. The number of hydrogen-bond donors (Lipinski definition) is 0. The maximum atomic E-state index is 12.7. The van der Waals surface area contributed by atoms with Gasteiger partial charge in [0.15, 0.2) is 0 Å². The summed E-state index contributed by atoms with van der Waals surface area (Å²) in [7, 11) is 3.12. The summed E-state index contributed by atoms with van der Waals surface area (Å²) in [5.74, 6) is 0.694. The summed E-state index contributed by atoms with van der Waals surface area (Å²) in [6.45, 7) is 8.32. The van der Waals surface area contributed by atoms with E-state index in [0.29, 0.717) is 18.3 Å². The van der Waals surface area contributed by atoms with Crippen molar-refractivity contribution in [1.29, 1.82) is 0 Å². The van der Waals surface area contributed by atoms with Crippen molar-refractivity contribution in [3.63, 3.8) is 0 Å². The molecule has 1 unspecified atom stereocenters. The van der Waals surface area contributed by atoms with E-state index in [4.69, 9.17) is 0 Å². The van der Waals surface area contributed by atoms with Crippen LogP contribution in [0, 0.1) is 0 Å². The standard InChI is InChI=1S/C17H23N6O2/c1-6-9-22-13-14(20(4)17(25)21(5)15(13)24)18-16(22)23-12(8-3)10-11(7-2)19-23/h6,10,13H,1,7-9H2,2-5H3/q+1. The predicted molar refractivity (Wildman–Crippen MR) is 93.9 cm³/mol. The molecule has 0 bridgehead atoms. The summed E-state index contributed by atoms with van der Waals surface area (Å²) in [5.41, 5.74) is 1.98. The summed E-state index contributed by atoms with van der Waals surface area (Å²) < 4.78 is 3.62. The number of aryl methyl sites for hydroxylation is 2. The summed E-state index contributed by atoms with van der Waals surface area (Å²) in [6, 6.07) is 1.02. The smallest absolute Gasteiger partial charge is 0.270 e. The van der Waals surface area contributed by atoms with E-state index in [1.807, 2.05) is 17.6 Å². The van der Waals surface area contributed by atoms with Crippen molar-refractivity contribution in [2.24, 2.45) is 4.99 Å². The molecule has 8 heteroatoms. The van der Waals surface area contributed by atoms with Crippen LogP contribution in [0.15, 0.2) is 23.7 Å². The Balaban J connectivity index is 2.19. The highest BCUT2D eigenvalue weighted by Crippen LogP contribution is 2.20. The third-order valence-electron chi connectivity index (χ3n) is 4.58. The molecule has 2 aliphatic rings. The molecule has 8 nitrogen and oxygen atoms in total. The Morgan fingerprint density at radius 1 is 1.24 bits per heavy atom. The van der Waals surface area contributed by atoms with Gasteiger partial charge in [-0.05, 0) is 12.5 Å². The lowest BCUT2D eigenvalue weighted by Gasteiger charge is -2.31. The first kappa shape index (κ1) is 17.1. The summed E-state index contributed by atoms with van der Waals surface area (Å²) in [4.78, 5) is 32.1. The SMILES string of the molecule is C=CC[N+]1=C(n2nc(CC)cc2CC)N=C2C1C(=O)N(C)C(=O)N2C. The number of aliphatic imine (C=N–C) groups is 1. The number of amidine groups is 1. The monoisotopic (exact) mass is 343 g/mol. The van der Waals surface area contributed by atoms with Crippen LogP contribution in [0.25, 0.3) is 0 Å². The van der Waals surface area contributed by atoms with Gasteiger partial charge < -0.3 is 0 Å². The molecule has 1 aromatic rings. The van der Waals surface area contributed by atoms with Gasteiger partial charge in [0.2, 0.25) is 11.9 Å². The van der Waals surface area contributed by atoms with Gasteiger partial charge in [-0.25, -0.2) is 9.37 Å². The number of carbonyl (C=O) groups is 2. The molecule has 0 spiro atoms. The fourth-order valence-corrected chi connectivity index (χ4v) is 3.15. The highest BCUT2D eigenvalue weighted by molar-refractivity contribution is 6.22. The Hall–Kier alpha value is -2.77. The van der Waals surface area contributed by atoms with Gasteiger partial charge in [-0.1, -0.05) is 31.5 Å². The lowest BCUT2D eigenvalue weighted by atomic mass is 10.1. The number of imide groups is 1. The lowest BCUT2D eigenvalue weighted by Crippen LogP contribution is -2.61. The van der Waals surface area contributed by atoms with Crippen molar-refractivity contribution in [3.8, 4) is 0 Å². The number of hydrogen-bond acceptors (Lipinski definition) is 4. The topological polar surface area (TPSA) is 73.8 Å². The molecule has 1 saturated heterocycles. The van der Waals surface area contributed by atoms with Gasteiger partial charge in [-0.3, -0.25) is 14.6 Å². The van der Waals surface area contributed by atoms with E-state index in [-0.39, 0.29) is 11.9 Å². The minimum atomic E-state index is -0.639. The first-order chi connectivity index (χ1) is 11.9. The van der Waals surface area contributed by atoms with E-state index in [1.165, 1.54) is 11.9 Å². The Kier molecular flexibility index (Phi) is 4.28. The van der Waals surface area contributed by atoms with Crippen molar-refractivity contribution in [2.75, 3.05) is 20.6 Å². The second-order valence-electron chi connectivity index (χ2n) is 6.10. The molecule has 0 aromatic carbocycles. The highest BCUT2D eigenvalue weighted by atomic mass is 16.2. The van der Waals surface area contributed by atoms with E-state index in [2.05, 4.69) is 23.6 Å². The molecule has 3 amide bonds. The highest BCUT2D eigenvalue weighted by Gasteiger charge is 2.52. The molecule has 2 aliphatic heterocycles. The molecule has 0 aliphatic carbocycles. The Morgan fingerprint density at radius 3 is 2.56 bits per heavy atom. The third-order valence-corrected chi connectivity index (χ3v) is 4.58. The van der Waals surface area contributed by atoms with Gasteiger partial charge in [0.1, 0.15) is 5.69 Å². The first-order valence-corrected chi connectivity index (χ1v) is 8.41. The minimum Gasteiger partial charge on any atom is -0.270 e. The van der Waals surface area contributed by atoms with Gasteiger partial charge in [-0.2, -0.15) is 0 Å². The van der Waals surface area contributed by atoms with Gasteiger partial charge in [0.05, 0.1) is 12.2 Å². The minimum absolute atomic E-state index is 0.292. The number of amides is 3. The quantitative estimate of drug-likeness (QED) is 0.597. The number of nitrogens with zero attached hydrogens (tertiary/aromatic N) is 6. The average Bonchev–Trinajstić information content (AvgIpc) is 3.19. The van der Waals surface area contributed by atoms with E-state index in [1.54, 1.807) is 17.8 Å². The van der Waals surface area contributed by atoms with Crippen LogP contribution in [0.4, 0.5) is 4.79 Å². The fourth-order valence-electron chi connectivity index (χ4n) is 3.15. The van der Waals surface area contributed by atoms with Crippen molar-refractivity contribution in [2.45, 2.75) is 32.7 Å². The fraction of sp³-hybridized carbons (Fsp3) is 0.471. The summed E-state index contributed by atoms with van der Waals surface area (Å²) in [5, 5.41) is 4.63. The van der Waals surface area contributed by atoms with Crippen LogP contribution >= 0.6 is 0 Å². The summed E-state index contributed by atoms with van der Waals surface area (Å²) in [6.07, 6.45) is 3.32. The zero-order chi connectivity index (χ0) is 18.3. The Morgan fingerprint density at radius 2 is 1.96 bits per heavy atom. The lowest BCUT2D eigenvalue weighted by molar-refractivity contribution is -0.527. The molecular formula is C17H23N6O2+. The van der Waals surface area contributed by atoms with Crippen molar-refractivity contribution < 1.29 is 14.2 Å². The van der Waals surface area contributed by atoms with Gasteiger partial charge in [0, 0.05) is 20.5 Å². The normalized spacial score (nSPS) is 20.3. The first-order valence-electron chi connectivity index (χ1n) is 8.41. The largest absolute Gasteiger partial charge is 0.421 e. The maximum Gasteiger partial charge on any atom is 0.421 e. The molecule has 1 atom stereocenters. The van der Waals surface area contributed by atoms with Gasteiger partial charge >= 0.3 is 12.0 Å². The molecule has 1 fully saturated rings. The number of carbonyl (C=O) groups excluding carboxylic acids is 2. The van der Waals surface area contributed by atoms with Crippen molar-refractivity contribution in [3.05, 3.63) is 30.1 Å². The van der Waals surface area contributed by atoms with E-state index < -0.39 is 6.04 Å². The second-order valence-corrected chi connectivity index (χ2v) is 6.10. The van der Waals surface area contributed by atoms with Gasteiger partial charge in [-0.15, -0.1) is 9.78 Å². The van der Waals surface area contributed by atoms with Crippen LogP contribution in [-0.4, -0.2) is 74.6 Å². The molecule has 132 valence electrons. The van der Waals surface area contributed by atoms with E-state index >= 15 is 0 Å². The molecule has 0 saturated carbocycles. The van der Waals surface area contributed by atoms with Crippen LogP contribution in [-0.2, 0) is 17.6 Å². The van der Waals surface area contributed by atoms with Crippen molar-refractivity contribution in [1.82, 2.24) is 19.6 Å². The van der Waals surface area contributed by atoms with E-state index in [9.17, 15) is 9.59 Å². The Bertz CT molecular complexity index is 819. The zero-order valence-electron chi connectivity index (χ0n) is 15.1. The second kappa shape index (κ2) is 6.27. The van der Waals surface area contributed by atoms with Crippen molar-refractivity contribution >= 4 is 23.7 Å². The summed E-state index contributed by atoms with van der Waals surface area (Å²) >= 11 is 0. The average molecular weight is 343 g/mol. The van der Waals surface area contributed by atoms with Crippen LogP contribution in [0.2, 0.25) is 0 Å². The molecule has 3 rings (SSSR count).